The number of rotatable bonds is 7. The maximum absolute atomic E-state index is 12.7. The number of carbonyl (C=O) groups is 3. The summed E-state index contributed by atoms with van der Waals surface area (Å²) in [6.45, 7) is 8.96. The van der Waals surface area contributed by atoms with Crippen LogP contribution in [0.15, 0.2) is 24.3 Å². The molecule has 1 N–H and O–H groups in total. The minimum atomic E-state index is -3.16. The molecule has 1 heterocycles. The van der Waals surface area contributed by atoms with Crippen LogP contribution in [-0.2, 0) is 24.1 Å². The Hall–Kier alpha value is -2.62. The third-order valence-electron chi connectivity index (χ3n) is 4.60. The van der Waals surface area contributed by atoms with Gasteiger partial charge in [-0.3, -0.25) is 10.1 Å². The minimum absolute atomic E-state index is 0.0524. The molecule has 10 heteroatoms. The first kappa shape index (κ1) is 25.6. The molecule has 0 aromatic heterocycles. The topological polar surface area (TPSA) is 119 Å². The molecule has 0 unspecified atom stereocenters. The Morgan fingerprint density at radius 2 is 1.91 bits per heavy atom. The molecular weight excluding hydrogens is 436 g/mol. The van der Waals surface area contributed by atoms with Crippen LogP contribution in [0.2, 0.25) is 0 Å². The Morgan fingerprint density at radius 3 is 2.47 bits per heavy atom. The molecule has 0 radical (unpaired) electrons. The lowest BCUT2D eigenvalue weighted by Gasteiger charge is -2.29. The van der Waals surface area contributed by atoms with Gasteiger partial charge in [0.1, 0.15) is 5.60 Å². The number of nitrogens with zero attached hydrogens (tertiary/aromatic N) is 1. The number of benzene rings is 1. The van der Waals surface area contributed by atoms with Gasteiger partial charge in [-0.05, 0) is 51.3 Å². The van der Waals surface area contributed by atoms with E-state index < -0.39 is 46.1 Å². The largest absolute Gasteiger partial charge is 0.452 e. The van der Waals surface area contributed by atoms with Gasteiger partial charge in [0.25, 0.3) is 5.91 Å². The molecule has 1 aliphatic heterocycles. The molecular formula is C22H32N2O7S. The predicted octanol–water partition coefficient (Wildman–Crippen LogP) is 2.86. The highest BCUT2D eigenvalue weighted by atomic mass is 32.2. The van der Waals surface area contributed by atoms with Gasteiger partial charge < -0.3 is 14.4 Å². The van der Waals surface area contributed by atoms with Crippen molar-refractivity contribution in [1.29, 1.82) is 0 Å². The lowest BCUT2D eigenvalue weighted by Crippen LogP contribution is -2.45. The van der Waals surface area contributed by atoms with Crippen LogP contribution in [0.5, 0.6) is 0 Å². The Bertz CT molecular complexity index is 951. The number of hydrogen-bond acceptors (Lipinski definition) is 7. The average Bonchev–Trinajstić information content (AvgIpc) is 3.01. The summed E-state index contributed by atoms with van der Waals surface area (Å²) in [5, 5.41) is 2.54. The predicted molar refractivity (Wildman–Crippen MR) is 120 cm³/mol. The van der Waals surface area contributed by atoms with Crippen LogP contribution in [0, 0.1) is 5.92 Å². The third kappa shape index (κ3) is 8.14. The van der Waals surface area contributed by atoms with Crippen molar-refractivity contribution >= 4 is 33.5 Å². The number of carbonyl (C=O) groups excluding carboxylic acids is 3. The van der Waals surface area contributed by atoms with Crippen molar-refractivity contribution < 1.29 is 32.3 Å². The monoisotopic (exact) mass is 468 g/mol. The second-order valence-corrected chi connectivity index (χ2v) is 11.5. The fourth-order valence-electron chi connectivity index (χ4n) is 3.31. The lowest BCUT2D eigenvalue weighted by atomic mass is 10.1. The van der Waals surface area contributed by atoms with Gasteiger partial charge >= 0.3 is 12.1 Å². The zero-order chi connectivity index (χ0) is 24.1. The van der Waals surface area contributed by atoms with Crippen molar-refractivity contribution in [3.05, 3.63) is 29.8 Å². The van der Waals surface area contributed by atoms with Crippen molar-refractivity contribution in [2.45, 2.75) is 52.7 Å². The van der Waals surface area contributed by atoms with Crippen molar-refractivity contribution in [2.75, 3.05) is 30.0 Å². The molecule has 1 saturated heterocycles. The molecule has 2 rings (SSSR count). The molecule has 178 valence electrons. The second-order valence-electron chi connectivity index (χ2n) is 9.28. The quantitative estimate of drug-likeness (QED) is 0.611. The summed E-state index contributed by atoms with van der Waals surface area (Å²) in [5.41, 5.74) is -0.163. The fraction of sp³-hybridized carbons (Fsp3) is 0.591. The van der Waals surface area contributed by atoms with Gasteiger partial charge in [0.15, 0.2) is 16.4 Å². The number of sulfone groups is 1. The van der Waals surface area contributed by atoms with Crippen molar-refractivity contribution in [2.24, 2.45) is 5.92 Å². The smallest absolute Gasteiger partial charge is 0.412 e. The number of esters is 1. The average molecular weight is 469 g/mol. The van der Waals surface area contributed by atoms with Crippen molar-refractivity contribution in [1.82, 2.24) is 4.90 Å². The molecule has 0 aliphatic carbocycles. The van der Waals surface area contributed by atoms with Crippen molar-refractivity contribution in [3.63, 3.8) is 0 Å². The minimum Gasteiger partial charge on any atom is -0.452 e. The van der Waals surface area contributed by atoms with E-state index in [2.05, 4.69) is 5.32 Å². The van der Waals surface area contributed by atoms with Crippen LogP contribution in [-0.4, -0.2) is 67.6 Å². The first-order valence-corrected chi connectivity index (χ1v) is 12.3. The summed E-state index contributed by atoms with van der Waals surface area (Å²) in [7, 11) is -3.16. The van der Waals surface area contributed by atoms with E-state index in [1.807, 2.05) is 13.8 Å². The highest BCUT2D eigenvalue weighted by molar-refractivity contribution is 7.91. The van der Waals surface area contributed by atoms with Crippen LogP contribution < -0.4 is 5.32 Å². The lowest BCUT2D eigenvalue weighted by molar-refractivity contribution is -0.137. The molecule has 2 amide bonds. The van der Waals surface area contributed by atoms with Gasteiger partial charge in [-0.2, -0.15) is 0 Å². The van der Waals surface area contributed by atoms with Gasteiger partial charge in [-0.15, -0.1) is 0 Å². The molecule has 0 spiro atoms. The van der Waals surface area contributed by atoms with E-state index in [0.29, 0.717) is 18.7 Å². The molecule has 32 heavy (non-hydrogen) atoms. The van der Waals surface area contributed by atoms with E-state index in [9.17, 15) is 22.8 Å². The zero-order valence-electron chi connectivity index (χ0n) is 19.2. The maximum Gasteiger partial charge on any atom is 0.412 e. The van der Waals surface area contributed by atoms with Gasteiger partial charge in [-0.25, -0.2) is 18.0 Å². The number of nitrogens with one attached hydrogen (secondary N) is 1. The Kier molecular flexibility index (Phi) is 8.28. The molecule has 1 fully saturated rings. The summed E-state index contributed by atoms with van der Waals surface area (Å²) in [6, 6.07) is 5.68. The van der Waals surface area contributed by atoms with Gasteiger partial charge in [0.05, 0.1) is 17.1 Å². The summed E-state index contributed by atoms with van der Waals surface area (Å²) in [6.07, 6.45) is -0.276. The van der Waals surface area contributed by atoms with E-state index in [1.165, 1.54) is 17.0 Å². The highest BCUT2D eigenvalue weighted by Crippen LogP contribution is 2.20. The summed E-state index contributed by atoms with van der Waals surface area (Å²) < 4.78 is 34.0. The number of anilines is 1. The summed E-state index contributed by atoms with van der Waals surface area (Å²) in [5.74, 6) is -1.05. The highest BCUT2D eigenvalue weighted by Gasteiger charge is 2.35. The Morgan fingerprint density at radius 1 is 1.22 bits per heavy atom. The molecule has 0 bridgehead atoms. The zero-order valence-corrected chi connectivity index (χ0v) is 20.0. The number of hydrogen-bond donors (Lipinski definition) is 1. The number of ether oxygens (including phenoxy) is 2. The summed E-state index contributed by atoms with van der Waals surface area (Å²) >= 11 is 0. The SMILES string of the molecule is CC(C)CN(C(=O)COC(=O)c1cccc(NC(=O)OC(C)(C)C)c1)[C@H]1CCS(=O)(=O)C1. The molecule has 1 aromatic carbocycles. The fourth-order valence-corrected chi connectivity index (χ4v) is 5.04. The van der Waals surface area contributed by atoms with E-state index in [-0.39, 0.29) is 23.0 Å². The normalized spacial score (nSPS) is 17.6. The van der Waals surface area contributed by atoms with Crippen LogP contribution in [0.3, 0.4) is 0 Å². The van der Waals surface area contributed by atoms with E-state index >= 15 is 0 Å². The van der Waals surface area contributed by atoms with E-state index in [0.717, 1.165) is 0 Å². The van der Waals surface area contributed by atoms with Crippen molar-refractivity contribution in [3.8, 4) is 0 Å². The number of amides is 2. The summed E-state index contributed by atoms with van der Waals surface area (Å²) in [4.78, 5) is 38.6. The van der Waals surface area contributed by atoms with E-state index in [1.54, 1.807) is 32.9 Å². The van der Waals surface area contributed by atoms with Crippen LogP contribution in [0.4, 0.5) is 10.5 Å². The van der Waals surface area contributed by atoms with Crippen LogP contribution in [0.25, 0.3) is 0 Å². The van der Waals surface area contributed by atoms with E-state index in [4.69, 9.17) is 9.47 Å². The van der Waals surface area contributed by atoms with Gasteiger partial charge in [-0.1, -0.05) is 19.9 Å². The second kappa shape index (κ2) is 10.3. The van der Waals surface area contributed by atoms with Gasteiger partial charge in [0, 0.05) is 18.3 Å². The van der Waals surface area contributed by atoms with Crippen LogP contribution >= 0.6 is 0 Å². The third-order valence-corrected chi connectivity index (χ3v) is 6.35. The van der Waals surface area contributed by atoms with Gasteiger partial charge in [0.2, 0.25) is 0 Å². The molecule has 0 saturated carbocycles. The molecule has 1 aliphatic rings. The molecule has 1 aromatic rings. The standard InChI is InChI=1S/C22H32N2O7S/c1-15(2)12-24(18-9-10-32(28,29)14-18)19(25)13-30-20(26)16-7-6-8-17(11-16)23-21(27)31-22(3,4)5/h6-8,11,15,18H,9-10,12-14H2,1-5H3,(H,23,27)/t18-/m0/s1. The first-order valence-electron chi connectivity index (χ1n) is 10.5. The Labute approximate surface area is 189 Å². The Balaban J connectivity index is 1.99. The maximum atomic E-state index is 12.7. The molecule has 1 atom stereocenters. The first-order chi connectivity index (χ1) is 14.8. The van der Waals surface area contributed by atoms with Crippen LogP contribution in [0.1, 0.15) is 51.4 Å². The molecule has 9 nitrogen and oxygen atoms in total.